The molecule has 0 radical (unpaired) electrons. The van der Waals surface area contributed by atoms with Crippen LogP contribution in [0.1, 0.15) is 26.5 Å². The van der Waals surface area contributed by atoms with E-state index in [1.165, 1.54) is 0 Å². The second-order valence-electron chi connectivity index (χ2n) is 6.60. The van der Waals surface area contributed by atoms with Gasteiger partial charge in [0.15, 0.2) is 0 Å². The van der Waals surface area contributed by atoms with E-state index in [0.717, 1.165) is 34.1 Å². The number of hydrogen-bond acceptors (Lipinski definition) is 4. The first kappa shape index (κ1) is 16.8. The SMILES string of the molecule is CC(C)(C)n1nnc(-c2ccccc2-c2ccc(CCBr)nc2)n1. The van der Waals surface area contributed by atoms with Gasteiger partial charge in [0.1, 0.15) is 0 Å². The van der Waals surface area contributed by atoms with Gasteiger partial charge in [-0.25, -0.2) is 0 Å². The molecule has 0 N–H and O–H groups in total. The van der Waals surface area contributed by atoms with Crippen molar-refractivity contribution in [2.24, 2.45) is 0 Å². The van der Waals surface area contributed by atoms with E-state index in [4.69, 9.17) is 0 Å². The molecule has 0 saturated carbocycles. The van der Waals surface area contributed by atoms with Gasteiger partial charge < -0.3 is 0 Å². The Morgan fingerprint density at radius 3 is 2.38 bits per heavy atom. The number of rotatable bonds is 4. The Labute approximate surface area is 150 Å². The summed E-state index contributed by atoms with van der Waals surface area (Å²) in [7, 11) is 0. The molecule has 3 rings (SSSR count). The molecule has 0 aliphatic carbocycles. The van der Waals surface area contributed by atoms with Gasteiger partial charge in [-0.15, -0.1) is 10.2 Å². The zero-order valence-electron chi connectivity index (χ0n) is 14.1. The minimum atomic E-state index is -0.195. The maximum atomic E-state index is 4.55. The monoisotopic (exact) mass is 385 g/mol. The third-order valence-corrected chi connectivity index (χ3v) is 4.06. The van der Waals surface area contributed by atoms with Crippen molar-refractivity contribution in [3.8, 4) is 22.5 Å². The van der Waals surface area contributed by atoms with Crippen molar-refractivity contribution in [2.45, 2.75) is 32.7 Å². The Kier molecular flexibility index (Phi) is 4.76. The summed E-state index contributed by atoms with van der Waals surface area (Å²) in [6.45, 7) is 6.16. The van der Waals surface area contributed by atoms with Crippen LogP contribution in [0, 0.1) is 0 Å². The Bertz CT molecular complexity index is 818. The minimum Gasteiger partial charge on any atom is -0.261 e. The number of benzene rings is 1. The molecular weight excluding hydrogens is 366 g/mol. The smallest absolute Gasteiger partial charge is 0.205 e. The molecule has 6 heteroatoms. The van der Waals surface area contributed by atoms with E-state index < -0.39 is 0 Å². The second kappa shape index (κ2) is 6.81. The van der Waals surface area contributed by atoms with Crippen LogP contribution in [0.15, 0.2) is 42.6 Å². The predicted octanol–water partition coefficient (Wildman–Crippen LogP) is 4.09. The Hall–Kier alpha value is -2.08. The molecule has 24 heavy (non-hydrogen) atoms. The molecule has 1 aromatic carbocycles. The highest BCUT2D eigenvalue weighted by Crippen LogP contribution is 2.29. The van der Waals surface area contributed by atoms with E-state index in [2.05, 4.69) is 75.3 Å². The van der Waals surface area contributed by atoms with E-state index in [1.54, 1.807) is 4.80 Å². The number of hydrogen-bond donors (Lipinski definition) is 0. The summed E-state index contributed by atoms with van der Waals surface area (Å²) in [6.07, 6.45) is 2.83. The van der Waals surface area contributed by atoms with Gasteiger partial charge in [0.05, 0.1) is 5.54 Å². The van der Waals surface area contributed by atoms with Gasteiger partial charge in [-0.1, -0.05) is 46.3 Å². The number of aromatic nitrogens is 5. The zero-order chi connectivity index (χ0) is 17.2. The standard InChI is InChI=1S/C18H20BrN5/c1-18(2,3)24-22-17(21-23-24)16-7-5-4-6-15(16)13-8-9-14(10-11-19)20-12-13/h4-9,12H,10-11H2,1-3H3. The molecule has 2 aromatic heterocycles. The number of tetrazole rings is 1. The number of halogens is 1. The van der Waals surface area contributed by atoms with Crippen LogP contribution in [-0.2, 0) is 12.0 Å². The fourth-order valence-electron chi connectivity index (χ4n) is 2.36. The van der Waals surface area contributed by atoms with E-state index in [1.807, 2.05) is 24.4 Å². The van der Waals surface area contributed by atoms with Crippen molar-refractivity contribution < 1.29 is 0 Å². The predicted molar refractivity (Wildman–Crippen MR) is 99.0 cm³/mol. The Morgan fingerprint density at radius 1 is 1.04 bits per heavy atom. The van der Waals surface area contributed by atoms with E-state index in [9.17, 15) is 0 Å². The Morgan fingerprint density at radius 2 is 1.79 bits per heavy atom. The summed E-state index contributed by atoms with van der Waals surface area (Å²) in [4.78, 5) is 6.18. The van der Waals surface area contributed by atoms with Gasteiger partial charge in [0.2, 0.25) is 5.82 Å². The van der Waals surface area contributed by atoms with Crippen LogP contribution in [0.3, 0.4) is 0 Å². The van der Waals surface area contributed by atoms with Crippen LogP contribution in [0.5, 0.6) is 0 Å². The largest absolute Gasteiger partial charge is 0.261 e. The third kappa shape index (κ3) is 3.53. The summed E-state index contributed by atoms with van der Waals surface area (Å²) in [5.41, 5.74) is 3.95. The van der Waals surface area contributed by atoms with Crippen molar-refractivity contribution in [1.82, 2.24) is 25.2 Å². The normalized spacial score (nSPS) is 11.7. The Balaban J connectivity index is 2.00. The highest BCUT2D eigenvalue weighted by Gasteiger charge is 2.19. The topological polar surface area (TPSA) is 56.5 Å². The lowest BCUT2D eigenvalue weighted by Gasteiger charge is -2.15. The number of alkyl halides is 1. The summed E-state index contributed by atoms with van der Waals surface area (Å²) in [6, 6.07) is 12.2. The summed E-state index contributed by atoms with van der Waals surface area (Å²) in [5, 5.41) is 13.9. The molecule has 124 valence electrons. The fraction of sp³-hybridized carbons (Fsp3) is 0.333. The molecule has 0 bridgehead atoms. The average molecular weight is 386 g/mol. The van der Waals surface area contributed by atoms with Crippen molar-refractivity contribution in [1.29, 1.82) is 0 Å². The lowest BCUT2D eigenvalue weighted by atomic mass is 10.0. The molecular formula is C18H20BrN5. The molecule has 3 aromatic rings. The molecule has 0 aliphatic rings. The van der Waals surface area contributed by atoms with Crippen molar-refractivity contribution in [2.75, 3.05) is 5.33 Å². The summed E-state index contributed by atoms with van der Waals surface area (Å²) in [5.74, 6) is 0.630. The van der Waals surface area contributed by atoms with E-state index in [0.29, 0.717) is 5.82 Å². The number of pyridine rings is 1. The van der Waals surface area contributed by atoms with Crippen LogP contribution in [0.25, 0.3) is 22.5 Å². The van der Waals surface area contributed by atoms with Crippen molar-refractivity contribution >= 4 is 15.9 Å². The molecule has 5 nitrogen and oxygen atoms in total. The molecule has 0 atom stereocenters. The average Bonchev–Trinajstić information content (AvgIpc) is 3.06. The third-order valence-electron chi connectivity index (χ3n) is 3.67. The second-order valence-corrected chi connectivity index (χ2v) is 7.39. The van der Waals surface area contributed by atoms with E-state index in [-0.39, 0.29) is 5.54 Å². The highest BCUT2D eigenvalue weighted by molar-refractivity contribution is 9.09. The maximum Gasteiger partial charge on any atom is 0.205 e. The van der Waals surface area contributed by atoms with E-state index >= 15 is 0 Å². The van der Waals surface area contributed by atoms with Gasteiger partial charge in [-0.3, -0.25) is 4.98 Å². The molecule has 0 unspecified atom stereocenters. The molecule has 0 spiro atoms. The van der Waals surface area contributed by atoms with Crippen LogP contribution in [-0.4, -0.2) is 30.5 Å². The molecule has 0 fully saturated rings. The van der Waals surface area contributed by atoms with Gasteiger partial charge in [-0.05, 0) is 44.0 Å². The first-order chi connectivity index (χ1) is 11.5. The molecule has 0 amide bonds. The van der Waals surface area contributed by atoms with Gasteiger partial charge in [0, 0.05) is 28.3 Å². The fourth-order valence-corrected chi connectivity index (χ4v) is 2.77. The zero-order valence-corrected chi connectivity index (χ0v) is 15.7. The lowest BCUT2D eigenvalue weighted by Crippen LogP contribution is -2.24. The maximum absolute atomic E-state index is 4.55. The quantitative estimate of drug-likeness (QED) is 0.634. The lowest BCUT2D eigenvalue weighted by molar-refractivity contribution is 0.306. The molecule has 2 heterocycles. The molecule has 0 saturated heterocycles. The van der Waals surface area contributed by atoms with Crippen LogP contribution in [0.2, 0.25) is 0 Å². The summed E-state index contributed by atoms with van der Waals surface area (Å²) < 4.78 is 0. The molecule has 0 aliphatic heterocycles. The van der Waals surface area contributed by atoms with Gasteiger partial charge in [0.25, 0.3) is 0 Å². The van der Waals surface area contributed by atoms with Crippen molar-refractivity contribution in [3.63, 3.8) is 0 Å². The van der Waals surface area contributed by atoms with Crippen LogP contribution < -0.4 is 0 Å². The summed E-state index contributed by atoms with van der Waals surface area (Å²) >= 11 is 3.44. The highest BCUT2D eigenvalue weighted by atomic mass is 79.9. The number of nitrogens with zero attached hydrogens (tertiary/aromatic N) is 5. The van der Waals surface area contributed by atoms with Gasteiger partial charge in [-0.2, -0.15) is 4.80 Å². The van der Waals surface area contributed by atoms with Crippen LogP contribution in [0.4, 0.5) is 0 Å². The van der Waals surface area contributed by atoms with Crippen LogP contribution >= 0.6 is 15.9 Å². The van der Waals surface area contributed by atoms with Gasteiger partial charge >= 0.3 is 0 Å². The first-order valence-corrected chi connectivity index (χ1v) is 9.02. The minimum absolute atomic E-state index is 0.195. The number of aryl methyl sites for hydroxylation is 1. The van der Waals surface area contributed by atoms with Crippen molar-refractivity contribution in [3.05, 3.63) is 48.3 Å². The first-order valence-electron chi connectivity index (χ1n) is 7.90.